The number of hydrogen-bond acceptors (Lipinski definition) is 4. The molecule has 2 aliphatic heterocycles. The van der Waals surface area contributed by atoms with Crippen LogP contribution in [0.25, 0.3) is 0 Å². The van der Waals surface area contributed by atoms with Crippen molar-refractivity contribution in [1.29, 1.82) is 0 Å². The van der Waals surface area contributed by atoms with Gasteiger partial charge in [-0.15, -0.1) is 0 Å². The molecule has 110 valence electrons. The first-order chi connectivity index (χ1) is 9.33. The van der Waals surface area contributed by atoms with Gasteiger partial charge in [-0.3, -0.25) is 0 Å². The first kappa shape index (κ1) is 13.8. The normalized spacial score (nSPS) is 38.7. The molecule has 0 aromatic heterocycles. The maximum absolute atomic E-state index is 5.65. The number of ether oxygens (including phenoxy) is 1. The van der Waals surface area contributed by atoms with Crippen molar-refractivity contribution < 1.29 is 4.74 Å². The fraction of sp³-hybridized carbons (Fsp3) is 1.00. The second-order valence-electron chi connectivity index (χ2n) is 6.58. The fourth-order valence-corrected chi connectivity index (χ4v) is 4.02. The number of nitrogens with one attached hydrogen (secondary N) is 2. The molecule has 3 fully saturated rings. The third kappa shape index (κ3) is 3.48. The largest absolute Gasteiger partial charge is 0.379 e. The molecule has 3 rings (SSSR count). The molecule has 4 nitrogen and oxygen atoms in total. The number of likely N-dealkylation sites (tertiary alicyclic amines) is 1. The zero-order valence-corrected chi connectivity index (χ0v) is 12.2. The SMILES string of the molecule is CN1CCC(NC2CCCC2C2COCCN2)CC1. The third-order valence-corrected chi connectivity index (χ3v) is 5.20. The first-order valence-corrected chi connectivity index (χ1v) is 8.08. The Hall–Kier alpha value is -0.160. The van der Waals surface area contributed by atoms with Crippen LogP contribution in [0.3, 0.4) is 0 Å². The summed E-state index contributed by atoms with van der Waals surface area (Å²) in [5.74, 6) is 0.778. The van der Waals surface area contributed by atoms with Gasteiger partial charge >= 0.3 is 0 Å². The molecule has 19 heavy (non-hydrogen) atoms. The fourth-order valence-electron chi connectivity index (χ4n) is 4.02. The quantitative estimate of drug-likeness (QED) is 0.794. The molecule has 0 aromatic carbocycles. The van der Waals surface area contributed by atoms with Crippen molar-refractivity contribution >= 4 is 0 Å². The Kier molecular flexibility index (Phi) is 4.74. The van der Waals surface area contributed by atoms with E-state index in [2.05, 4.69) is 22.6 Å². The molecule has 0 aromatic rings. The lowest BCUT2D eigenvalue weighted by Crippen LogP contribution is -2.53. The van der Waals surface area contributed by atoms with Gasteiger partial charge in [-0.05, 0) is 51.7 Å². The summed E-state index contributed by atoms with van der Waals surface area (Å²) in [4.78, 5) is 2.45. The highest BCUT2D eigenvalue weighted by Crippen LogP contribution is 2.30. The Morgan fingerprint density at radius 2 is 2.00 bits per heavy atom. The summed E-state index contributed by atoms with van der Waals surface area (Å²) in [5, 5.41) is 7.63. The molecule has 0 bridgehead atoms. The zero-order chi connectivity index (χ0) is 13.1. The minimum absolute atomic E-state index is 0.583. The lowest BCUT2D eigenvalue weighted by Gasteiger charge is -2.37. The van der Waals surface area contributed by atoms with E-state index in [9.17, 15) is 0 Å². The smallest absolute Gasteiger partial charge is 0.0623 e. The summed E-state index contributed by atoms with van der Waals surface area (Å²) in [6.07, 6.45) is 6.73. The Labute approximate surface area is 117 Å². The molecule has 0 spiro atoms. The highest BCUT2D eigenvalue weighted by molar-refractivity contribution is 4.94. The van der Waals surface area contributed by atoms with E-state index in [1.807, 2.05) is 0 Å². The highest BCUT2D eigenvalue weighted by atomic mass is 16.5. The average Bonchev–Trinajstić information content (AvgIpc) is 2.90. The molecule has 3 atom stereocenters. The predicted molar refractivity (Wildman–Crippen MR) is 77.4 cm³/mol. The zero-order valence-electron chi connectivity index (χ0n) is 12.2. The Balaban J connectivity index is 1.51. The average molecular weight is 267 g/mol. The molecule has 2 heterocycles. The molecule has 2 N–H and O–H groups in total. The van der Waals surface area contributed by atoms with E-state index in [-0.39, 0.29) is 0 Å². The monoisotopic (exact) mass is 267 g/mol. The van der Waals surface area contributed by atoms with Crippen molar-refractivity contribution in [1.82, 2.24) is 15.5 Å². The summed E-state index contributed by atoms with van der Waals surface area (Å²) in [6.45, 7) is 5.33. The third-order valence-electron chi connectivity index (χ3n) is 5.20. The maximum Gasteiger partial charge on any atom is 0.0623 e. The number of hydrogen-bond donors (Lipinski definition) is 2. The number of rotatable bonds is 3. The first-order valence-electron chi connectivity index (χ1n) is 8.08. The van der Waals surface area contributed by atoms with Crippen LogP contribution in [0.5, 0.6) is 0 Å². The lowest BCUT2D eigenvalue weighted by atomic mass is 9.92. The second-order valence-corrected chi connectivity index (χ2v) is 6.58. The molecule has 1 aliphatic carbocycles. The number of nitrogens with zero attached hydrogens (tertiary/aromatic N) is 1. The van der Waals surface area contributed by atoms with Gasteiger partial charge in [-0.25, -0.2) is 0 Å². The molecular formula is C15H29N3O. The second kappa shape index (κ2) is 6.53. The van der Waals surface area contributed by atoms with E-state index in [1.165, 1.54) is 45.2 Å². The molecule has 2 saturated heterocycles. The van der Waals surface area contributed by atoms with Gasteiger partial charge in [0.05, 0.1) is 13.2 Å². The lowest BCUT2D eigenvalue weighted by molar-refractivity contribution is 0.0508. The minimum atomic E-state index is 0.583. The minimum Gasteiger partial charge on any atom is -0.379 e. The summed E-state index contributed by atoms with van der Waals surface area (Å²) < 4.78 is 5.65. The van der Waals surface area contributed by atoms with Gasteiger partial charge in [0.25, 0.3) is 0 Å². The van der Waals surface area contributed by atoms with Crippen LogP contribution < -0.4 is 10.6 Å². The van der Waals surface area contributed by atoms with Gasteiger partial charge in [0, 0.05) is 24.7 Å². The van der Waals surface area contributed by atoms with Gasteiger partial charge in [0.1, 0.15) is 0 Å². The van der Waals surface area contributed by atoms with Gasteiger partial charge in [-0.2, -0.15) is 0 Å². The highest BCUT2D eigenvalue weighted by Gasteiger charge is 2.35. The van der Waals surface area contributed by atoms with Crippen LogP contribution >= 0.6 is 0 Å². The summed E-state index contributed by atoms with van der Waals surface area (Å²) in [7, 11) is 2.23. The Bertz CT molecular complexity index is 273. The van der Waals surface area contributed by atoms with Gasteiger partial charge in [0.15, 0.2) is 0 Å². The van der Waals surface area contributed by atoms with Crippen molar-refractivity contribution in [3.8, 4) is 0 Å². The van der Waals surface area contributed by atoms with Gasteiger partial charge in [-0.1, -0.05) is 6.42 Å². The van der Waals surface area contributed by atoms with E-state index in [0.29, 0.717) is 12.1 Å². The molecule has 4 heteroatoms. The van der Waals surface area contributed by atoms with Crippen molar-refractivity contribution in [3.05, 3.63) is 0 Å². The molecule has 3 unspecified atom stereocenters. The van der Waals surface area contributed by atoms with Crippen LogP contribution in [0, 0.1) is 5.92 Å². The van der Waals surface area contributed by atoms with Crippen molar-refractivity contribution in [2.75, 3.05) is 39.9 Å². The summed E-state index contributed by atoms with van der Waals surface area (Å²) in [5.41, 5.74) is 0. The number of morpholine rings is 1. The summed E-state index contributed by atoms with van der Waals surface area (Å²) in [6, 6.07) is 2.04. The molecule has 0 radical (unpaired) electrons. The van der Waals surface area contributed by atoms with Gasteiger partial charge in [0.2, 0.25) is 0 Å². The molecule has 1 saturated carbocycles. The van der Waals surface area contributed by atoms with Crippen LogP contribution in [0.15, 0.2) is 0 Å². The summed E-state index contributed by atoms with van der Waals surface area (Å²) >= 11 is 0. The van der Waals surface area contributed by atoms with Crippen molar-refractivity contribution in [3.63, 3.8) is 0 Å². The van der Waals surface area contributed by atoms with Gasteiger partial charge < -0.3 is 20.3 Å². The Morgan fingerprint density at radius 1 is 1.16 bits per heavy atom. The van der Waals surface area contributed by atoms with E-state index < -0.39 is 0 Å². The molecule has 0 amide bonds. The topological polar surface area (TPSA) is 36.5 Å². The standard InChI is InChI=1S/C15H29N3O/c1-18-8-5-12(6-9-18)17-14-4-2-3-13(14)15-11-19-10-7-16-15/h12-17H,2-11H2,1H3. The molecule has 3 aliphatic rings. The van der Waals surface area contributed by atoms with E-state index in [0.717, 1.165) is 31.7 Å². The van der Waals surface area contributed by atoms with E-state index in [4.69, 9.17) is 4.74 Å². The van der Waals surface area contributed by atoms with E-state index >= 15 is 0 Å². The van der Waals surface area contributed by atoms with Crippen LogP contribution in [0.1, 0.15) is 32.1 Å². The Morgan fingerprint density at radius 3 is 2.74 bits per heavy atom. The number of piperidine rings is 1. The van der Waals surface area contributed by atoms with E-state index in [1.54, 1.807) is 0 Å². The van der Waals surface area contributed by atoms with Crippen LogP contribution in [0.2, 0.25) is 0 Å². The van der Waals surface area contributed by atoms with Crippen LogP contribution in [-0.2, 0) is 4.74 Å². The van der Waals surface area contributed by atoms with Crippen LogP contribution in [0.4, 0.5) is 0 Å². The van der Waals surface area contributed by atoms with Crippen LogP contribution in [-0.4, -0.2) is 62.9 Å². The maximum atomic E-state index is 5.65. The molecular weight excluding hydrogens is 238 g/mol. The van der Waals surface area contributed by atoms with Crippen molar-refractivity contribution in [2.24, 2.45) is 5.92 Å². The predicted octanol–water partition coefficient (Wildman–Crippen LogP) is 0.827. The van der Waals surface area contributed by atoms with Crippen molar-refractivity contribution in [2.45, 2.75) is 50.2 Å².